The van der Waals surface area contributed by atoms with Crippen molar-refractivity contribution in [1.29, 1.82) is 0 Å². The number of rotatable bonds is 9. The molecule has 1 rings (SSSR count). The number of hydrogen-bond donors (Lipinski definition) is 3. The third-order valence-electron chi connectivity index (χ3n) is 2.50. The van der Waals surface area contributed by atoms with Gasteiger partial charge in [0.1, 0.15) is 0 Å². The average molecular weight is 227 g/mol. The average Bonchev–Trinajstić information content (AvgIpc) is 2.99. The second-order valence-electron chi connectivity index (χ2n) is 4.27. The van der Waals surface area contributed by atoms with E-state index in [1.54, 1.807) is 0 Å². The lowest BCUT2D eigenvalue weighted by atomic mass is 10.2. The summed E-state index contributed by atoms with van der Waals surface area (Å²) in [4.78, 5) is 21.7. The molecule has 16 heavy (non-hydrogen) atoms. The standard InChI is InChI=1S/C11H21N3O2/c12-10(15)3-1-2-7-13-8-6-11(16)14-9-4-5-9/h9,13H,1-8H2,(H2,12,15)(H,14,16). The van der Waals surface area contributed by atoms with Crippen molar-refractivity contribution in [2.75, 3.05) is 13.1 Å². The van der Waals surface area contributed by atoms with Crippen molar-refractivity contribution in [2.45, 2.75) is 44.6 Å². The topological polar surface area (TPSA) is 84.2 Å². The number of hydrogen-bond acceptors (Lipinski definition) is 3. The summed E-state index contributed by atoms with van der Waals surface area (Å²) < 4.78 is 0. The van der Waals surface area contributed by atoms with Crippen LogP contribution in [0.3, 0.4) is 0 Å². The molecule has 5 nitrogen and oxygen atoms in total. The van der Waals surface area contributed by atoms with Gasteiger partial charge < -0.3 is 16.4 Å². The highest BCUT2D eigenvalue weighted by atomic mass is 16.2. The Bertz CT molecular complexity index is 239. The molecule has 2 amide bonds. The van der Waals surface area contributed by atoms with Gasteiger partial charge in [-0.3, -0.25) is 9.59 Å². The number of nitrogens with two attached hydrogens (primary N) is 1. The molecule has 1 aliphatic rings. The van der Waals surface area contributed by atoms with Gasteiger partial charge in [0.15, 0.2) is 0 Å². The first-order chi connectivity index (χ1) is 7.68. The number of unbranched alkanes of at least 4 members (excludes halogenated alkanes) is 1. The van der Waals surface area contributed by atoms with E-state index in [4.69, 9.17) is 5.73 Å². The summed E-state index contributed by atoms with van der Waals surface area (Å²) >= 11 is 0. The summed E-state index contributed by atoms with van der Waals surface area (Å²) in [6, 6.07) is 0.447. The van der Waals surface area contributed by atoms with Gasteiger partial charge in [0.25, 0.3) is 0 Å². The molecule has 1 aliphatic carbocycles. The molecule has 92 valence electrons. The van der Waals surface area contributed by atoms with Gasteiger partial charge in [-0.2, -0.15) is 0 Å². The van der Waals surface area contributed by atoms with E-state index < -0.39 is 0 Å². The minimum atomic E-state index is -0.246. The SMILES string of the molecule is NC(=O)CCCCNCCC(=O)NC1CC1. The van der Waals surface area contributed by atoms with Crippen molar-refractivity contribution < 1.29 is 9.59 Å². The summed E-state index contributed by atoms with van der Waals surface area (Å²) in [7, 11) is 0. The Hall–Kier alpha value is -1.10. The molecule has 0 bridgehead atoms. The van der Waals surface area contributed by atoms with Crippen LogP contribution in [0.25, 0.3) is 0 Å². The van der Waals surface area contributed by atoms with Gasteiger partial charge in [-0.15, -0.1) is 0 Å². The smallest absolute Gasteiger partial charge is 0.221 e. The maximum Gasteiger partial charge on any atom is 0.221 e. The van der Waals surface area contributed by atoms with E-state index in [0.717, 1.165) is 32.2 Å². The zero-order valence-electron chi connectivity index (χ0n) is 9.63. The second-order valence-corrected chi connectivity index (χ2v) is 4.27. The lowest BCUT2D eigenvalue weighted by molar-refractivity contribution is -0.121. The van der Waals surface area contributed by atoms with E-state index in [1.807, 2.05) is 0 Å². The van der Waals surface area contributed by atoms with Gasteiger partial charge in [0.05, 0.1) is 0 Å². The molecule has 0 aliphatic heterocycles. The maximum absolute atomic E-state index is 11.3. The normalized spacial score (nSPS) is 14.8. The van der Waals surface area contributed by atoms with Gasteiger partial charge in [-0.25, -0.2) is 0 Å². The van der Waals surface area contributed by atoms with Crippen molar-refractivity contribution >= 4 is 11.8 Å². The van der Waals surface area contributed by atoms with Crippen molar-refractivity contribution in [3.8, 4) is 0 Å². The zero-order chi connectivity index (χ0) is 11.8. The van der Waals surface area contributed by atoms with Crippen molar-refractivity contribution in [1.82, 2.24) is 10.6 Å². The van der Waals surface area contributed by atoms with Crippen LogP contribution in [0.15, 0.2) is 0 Å². The quantitative estimate of drug-likeness (QED) is 0.481. The second kappa shape index (κ2) is 7.22. The van der Waals surface area contributed by atoms with Gasteiger partial charge in [0.2, 0.25) is 11.8 Å². The van der Waals surface area contributed by atoms with E-state index in [9.17, 15) is 9.59 Å². The van der Waals surface area contributed by atoms with E-state index in [2.05, 4.69) is 10.6 Å². The molecule has 0 aromatic carbocycles. The van der Waals surface area contributed by atoms with E-state index in [0.29, 0.717) is 25.4 Å². The lowest BCUT2D eigenvalue weighted by Gasteiger charge is -2.05. The van der Waals surface area contributed by atoms with Gasteiger partial charge in [0, 0.05) is 25.4 Å². The molecule has 0 radical (unpaired) electrons. The molecular formula is C11H21N3O2. The van der Waals surface area contributed by atoms with Crippen LogP contribution < -0.4 is 16.4 Å². The van der Waals surface area contributed by atoms with Crippen LogP contribution in [0.1, 0.15) is 38.5 Å². The fourth-order valence-electron chi connectivity index (χ4n) is 1.40. The third-order valence-corrected chi connectivity index (χ3v) is 2.50. The monoisotopic (exact) mass is 227 g/mol. The van der Waals surface area contributed by atoms with Crippen LogP contribution in [-0.2, 0) is 9.59 Å². The minimum absolute atomic E-state index is 0.132. The zero-order valence-corrected chi connectivity index (χ0v) is 9.63. The largest absolute Gasteiger partial charge is 0.370 e. The number of carbonyl (C=O) groups excluding carboxylic acids is 2. The predicted molar refractivity (Wildman–Crippen MR) is 61.7 cm³/mol. The molecule has 0 saturated heterocycles. The van der Waals surface area contributed by atoms with E-state index in [1.165, 1.54) is 0 Å². The van der Waals surface area contributed by atoms with Crippen LogP contribution in [-0.4, -0.2) is 30.9 Å². The van der Waals surface area contributed by atoms with E-state index >= 15 is 0 Å². The third kappa shape index (κ3) is 7.23. The molecule has 0 atom stereocenters. The van der Waals surface area contributed by atoms with E-state index in [-0.39, 0.29) is 11.8 Å². The van der Waals surface area contributed by atoms with Gasteiger partial charge >= 0.3 is 0 Å². The first-order valence-electron chi connectivity index (χ1n) is 5.97. The first kappa shape index (κ1) is 13.0. The molecule has 1 fully saturated rings. The summed E-state index contributed by atoms with van der Waals surface area (Å²) in [5, 5.41) is 6.10. The van der Waals surface area contributed by atoms with Crippen molar-refractivity contribution in [2.24, 2.45) is 5.73 Å². The highest BCUT2D eigenvalue weighted by molar-refractivity contribution is 5.76. The van der Waals surface area contributed by atoms with Gasteiger partial charge in [-0.1, -0.05) is 0 Å². The first-order valence-corrected chi connectivity index (χ1v) is 5.97. The van der Waals surface area contributed by atoms with Crippen molar-refractivity contribution in [3.05, 3.63) is 0 Å². The molecule has 0 aromatic rings. The summed E-state index contributed by atoms with van der Waals surface area (Å²) in [6.07, 6.45) is 4.98. The summed E-state index contributed by atoms with van der Waals surface area (Å²) in [6.45, 7) is 1.54. The number of nitrogens with one attached hydrogen (secondary N) is 2. The molecular weight excluding hydrogens is 206 g/mol. The lowest BCUT2D eigenvalue weighted by Crippen LogP contribution is -2.29. The number of primary amides is 1. The summed E-state index contributed by atoms with van der Waals surface area (Å²) in [5.41, 5.74) is 5.01. The van der Waals surface area contributed by atoms with Crippen LogP contribution in [0.2, 0.25) is 0 Å². The Morgan fingerprint density at radius 3 is 2.50 bits per heavy atom. The van der Waals surface area contributed by atoms with Crippen molar-refractivity contribution in [3.63, 3.8) is 0 Å². The predicted octanol–water partition coefficient (Wildman–Crippen LogP) is -0.0997. The highest BCUT2D eigenvalue weighted by Gasteiger charge is 2.22. The fourth-order valence-corrected chi connectivity index (χ4v) is 1.40. The fraction of sp³-hybridized carbons (Fsp3) is 0.818. The Labute approximate surface area is 96.1 Å². The Morgan fingerprint density at radius 1 is 1.12 bits per heavy atom. The van der Waals surface area contributed by atoms with Crippen LogP contribution in [0, 0.1) is 0 Å². The van der Waals surface area contributed by atoms with Crippen LogP contribution in [0.4, 0.5) is 0 Å². The Morgan fingerprint density at radius 2 is 1.88 bits per heavy atom. The molecule has 1 saturated carbocycles. The molecule has 0 aromatic heterocycles. The Balaban J connectivity index is 1.80. The maximum atomic E-state index is 11.3. The van der Waals surface area contributed by atoms with Crippen LogP contribution >= 0.6 is 0 Å². The molecule has 0 spiro atoms. The molecule has 0 unspecified atom stereocenters. The number of amides is 2. The molecule has 0 heterocycles. The highest BCUT2D eigenvalue weighted by Crippen LogP contribution is 2.18. The Kier molecular flexibility index (Phi) is 5.85. The van der Waals surface area contributed by atoms with Crippen LogP contribution in [0.5, 0.6) is 0 Å². The molecule has 5 heteroatoms. The minimum Gasteiger partial charge on any atom is -0.370 e. The molecule has 4 N–H and O–H groups in total. The van der Waals surface area contributed by atoms with Gasteiger partial charge in [-0.05, 0) is 32.2 Å². The summed E-state index contributed by atoms with van der Waals surface area (Å²) in [5.74, 6) is -0.115. The number of carbonyl (C=O) groups is 2.